The summed E-state index contributed by atoms with van der Waals surface area (Å²) in [6.45, 7) is 2.40. The van der Waals surface area contributed by atoms with Crippen molar-refractivity contribution in [3.8, 4) is 6.07 Å². The van der Waals surface area contributed by atoms with Crippen LogP contribution in [0.15, 0.2) is 60.9 Å². The Balaban J connectivity index is 1.65. The molecule has 4 aromatic rings. The molecular formula is C22H16N4O2S. The van der Waals surface area contributed by atoms with Gasteiger partial charge in [0.2, 0.25) is 0 Å². The van der Waals surface area contributed by atoms with Gasteiger partial charge in [-0.15, -0.1) is 11.3 Å². The first kappa shape index (κ1) is 18.6. The smallest absolute Gasteiger partial charge is 0.298 e. The van der Waals surface area contributed by atoms with Crippen molar-refractivity contribution in [2.24, 2.45) is 0 Å². The largest absolute Gasteiger partial charge is 0.342 e. The van der Waals surface area contributed by atoms with Crippen molar-refractivity contribution in [2.75, 3.05) is 5.32 Å². The molecule has 1 amide bonds. The van der Waals surface area contributed by atoms with E-state index in [1.54, 1.807) is 24.5 Å². The summed E-state index contributed by atoms with van der Waals surface area (Å²) in [6.07, 6.45) is 3.35. The fourth-order valence-electron chi connectivity index (χ4n) is 3.13. The van der Waals surface area contributed by atoms with Crippen LogP contribution in [0.1, 0.15) is 26.4 Å². The number of nitrogens with one attached hydrogen (secondary N) is 1. The van der Waals surface area contributed by atoms with Crippen LogP contribution in [0, 0.1) is 18.3 Å². The number of hydrogen-bond acceptors (Lipinski definition) is 5. The van der Waals surface area contributed by atoms with Crippen LogP contribution in [0.5, 0.6) is 0 Å². The van der Waals surface area contributed by atoms with Gasteiger partial charge in [-0.05, 0) is 30.7 Å². The standard InChI is InChI=1S/C22H16N4O2S/c1-14-11-24-22(29-14)25-21(28)20(27)18-13-26(19-5-3-2-4-17(18)19)12-16-8-6-15(10-23)7-9-16/h2-9,11,13H,12H2,1H3,(H,24,25,28). The number of carbonyl (C=O) groups is 2. The zero-order valence-electron chi connectivity index (χ0n) is 15.5. The average Bonchev–Trinajstić information content (AvgIpc) is 3.31. The van der Waals surface area contributed by atoms with Crippen LogP contribution in [0.3, 0.4) is 0 Å². The molecule has 2 heterocycles. The number of carbonyl (C=O) groups excluding carboxylic acids is 2. The first-order valence-corrected chi connectivity index (χ1v) is 9.72. The number of benzene rings is 2. The number of aryl methyl sites for hydroxylation is 1. The molecule has 0 aliphatic rings. The fourth-order valence-corrected chi connectivity index (χ4v) is 3.79. The molecule has 7 heteroatoms. The van der Waals surface area contributed by atoms with Gasteiger partial charge in [-0.3, -0.25) is 14.9 Å². The number of nitriles is 1. The molecule has 29 heavy (non-hydrogen) atoms. The number of aromatic nitrogens is 2. The van der Waals surface area contributed by atoms with E-state index >= 15 is 0 Å². The Morgan fingerprint density at radius 3 is 2.62 bits per heavy atom. The van der Waals surface area contributed by atoms with Crippen LogP contribution in [0.25, 0.3) is 10.9 Å². The summed E-state index contributed by atoms with van der Waals surface area (Å²) in [6, 6.07) is 16.9. The lowest BCUT2D eigenvalue weighted by Crippen LogP contribution is -2.22. The number of Topliss-reactive ketones (excluding diaryl/α,β-unsaturated/α-hetero) is 1. The van der Waals surface area contributed by atoms with Crippen molar-refractivity contribution in [3.63, 3.8) is 0 Å². The average molecular weight is 400 g/mol. The second-order valence-electron chi connectivity index (χ2n) is 6.56. The zero-order valence-corrected chi connectivity index (χ0v) is 16.4. The zero-order chi connectivity index (χ0) is 20.4. The van der Waals surface area contributed by atoms with Gasteiger partial charge in [0.15, 0.2) is 5.13 Å². The molecule has 0 radical (unpaired) electrons. The molecule has 0 spiro atoms. The van der Waals surface area contributed by atoms with Crippen molar-refractivity contribution in [1.29, 1.82) is 5.26 Å². The second-order valence-corrected chi connectivity index (χ2v) is 7.79. The highest BCUT2D eigenvalue weighted by Crippen LogP contribution is 2.24. The summed E-state index contributed by atoms with van der Waals surface area (Å²) < 4.78 is 1.94. The van der Waals surface area contributed by atoms with E-state index in [1.807, 2.05) is 47.9 Å². The molecule has 0 saturated carbocycles. The molecule has 0 bridgehead atoms. The number of amides is 1. The third-order valence-corrected chi connectivity index (χ3v) is 5.35. The van der Waals surface area contributed by atoms with Crippen molar-refractivity contribution < 1.29 is 9.59 Å². The Labute approximate surface area is 171 Å². The Hall–Kier alpha value is -3.76. The molecule has 0 saturated heterocycles. The van der Waals surface area contributed by atoms with E-state index in [0.29, 0.717) is 22.8 Å². The second kappa shape index (κ2) is 7.70. The lowest BCUT2D eigenvalue weighted by Gasteiger charge is -2.05. The molecule has 142 valence electrons. The summed E-state index contributed by atoms with van der Waals surface area (Å²) in [5.41, 5.74) is 2.79. The number of thiazole rings is 1. The predicted molar refractivity (Wildman–Crippen MR) is 112 cm³/mol. The van der Waals surface area contributed by atoms with Gasteiger partial charge < -0.3 is 4.57 Å². The van der Waals surface area contributed by atoms with Crippen LogP contribution in [-0.4, -0.2) is 21.2 Å². The van der Waals surface area contributed by atoms with Crippen LogP contribution >= 0.6 is 11.3 Å². The monoisotopic (exact) mass is 400 g/mol. The van der Waals surface area contributed by atoms with E-state index in [2.05, 4.69) is 16.4 Å². The number of rotatable bonds is 5. The van der Waals surface area contributed by atoms with Crippen LogP contribution in [0.4, 0.5) is 5.13 Å². The van der Waals surface area contributed by atoms with Crippen molar-refractivity contribution >= 4 is 39.1 Å². The van der Waals surface area contributed by atoms with Crippen LogP contribution < -0.4 is 5.32 Å². The third kappa shape index (κ3) is 3.79. The van der Waals surface area contributed by atoms with Gasteiger partial charge in [0.05, 0.1) is 17.2 Å². The minimum absolute atomic E-state index is 0.347. The summed E-state index contributed by atoms with van der Waals surface area (Å²) in [7, 11) is 0. The molecule has 0 unspecified atom stereocenters. The van der Waals surface area contributed by atoms with Gasteiger partial charge in [-0.25, -0.2) is 4.98 Å². The number of nitrogens with zero attached hydrogens (tertiary/aromatic N) is 3. The Bertz CT molecular complexity index is 1260. The summed E-state index contributed by atoms with van der Waals surface area (Å²) in [4.78, 5) is 30.3. The summed E-state index contributed by atoms with van der Waals surface area (Å²) in [5.74, 6) is -1.31. The normalized spacial score (nSPS) is 10.6. The van der Waals surface area contributed by atoms with E-state index < -0.39 is 11.7 Å². The van der Waals surface area contributed by atoms with Crippen molar-refractivity contribution in [3.05, 3.63) is 82.5 Å². The number of anilines is 1. The lowest BCUT2D eigenvalue weighted by molar-refractivity contribution is -0.112. The molecule has 6 nitrogen and oxygen atoms in total. The van der Waals surface area contributed by atoms with Gasteiger partial charge in [0.25, 0.3) is 11.7 Å². The van der Waals surface area contributed by atoms with Gasteiger partial charge >= 0.3 is 0 Å². The maximum atomic E-state index is 12.8. The van der Waals surface area contributed by atoms with Crippen LogP contribution in [-0.2, 0) is 11.3 Å². The van der Waals surface area contributed by atoms with Gasteiger partial charge in [0.1, 0.15) is 0 Å². The first-order valence-electron chi connectivity index (χ1n) is 8.90. The van der Waals surface area contributed by atoms with Crippen LogP contribution in [0.2, 0.25) is 0 Å². The molecule has 0 atom stereocenters. The summed E-state index contributed by atoms with van der Waals surface area (Å²) in [5, 5.41) is 12.6. The van der Waals surface area contributed by atoms with Gasteiger partial charge in [-0.1, -0.05) is 30.3 Å². The SMILES string of the molecule is Cc1cnc(NC(=O)C(=O)c2cn(Cc3ccc(C#N)cc3)c3ccccc23)s1. The lowest BCUT2D eigenvalue weighted by atomic mass is 10.1. The molecular weight excluding hydrogens is 384 g/mol. The predicted octanol–water partition coefficient (Wildman–Crippen LogP) is 4.15. The van der Waals surface area contributed by atoms with Gasteiger partial charge in [-0.2, -0.15) is 5.26 Å². The van der Waals surface area contributed by atoms with E-state index in [4.69, 9.17) is 5.26 Å². The minimum atomic E-state index is -0.708. The van der Waals surface area contributed by atoms with Crippen molar-refractivity contribution in [2.45, 2.75) is 13.5 Å². The van der Waals surface area contributed by atoms with E-state index in [9.17, 15) is 9.59 Å². The van der Waals surface area contributed by atoms with E-state index in [1.165, 1.54) is 11.3 Å². The molecule has 1 N–H and O–H groups in total. The Morgan fingerprint density at radius 1 is 1.17 bits per heavy atom. The number of hydrogen-bond donors (Lipinski definition) is 1. The highest BCUT2D eigenvalue weighted by atomic mass is 32.1. The highest BCUT2D eigenvalue weighted by Gasteiger charge is 2.22. The molecule has 0 fully saturated rings. The number of fused-ring (bicyclic) bond motifs is 1. The maximum absolute atomic E-state index is 12.8. The first-order chi connectivity index (χ1) is 14.0. The molecule has 2 aromatic carbocycles. The third-order valence-electron chi connectivity index (χ3n) is 4.52. The molecule has 0 aliphatic heterocycles. The molecule has 2 aromatic heterocycles. The van der Waals surface area contributed by atoms with E-state index in [0.717, 1.165) is 21.3 Å². The molecule has 4 rings (SSSR count). The van der Waals surface area contributed by atoms with Crippen molar-refractivity contribution in [1.82, 2.24) is 9.55 Å². The Kier molecular flexibility index (Phi) is 4.94. The van der Waals surface area contributed by atoms with E-state index in [-0.39, 0.29) is 0 Å². The Morgan fingerprint density at radius 2 is 1.93 bits per heavy atom. The number of para-hydroxylation sites is 1. The topological polar surface area (TPSA) is 87.8 Å². The fraction of sp³-hybridized carbons (Fsp3) is 0.0909. The number of ketones is 1. The maximum Gasteiger partial charge on any atom is 0.298 e. The minimum Gasteiger partial charge on any atom is -0.342 e. The quantitative estimate of drug-likeness (QED) is 0.403. The van der Waals surface area contributed by atoms with Gasteiger partial charge in [0, 0.05) is 34.7 Å². The summed E-state index contributed by atoms with van der Waals surface area (Å²) >= 11 is 1.32. The highest BCUT2D eigenvalue weighted by molar-refractivity contribution is 7.15. The molecule has 0 aliphatic carbocycles.